The number of carbonyl (C=O) groups excluding carboxylic acids is 1. The number of nitrogens with zero attached hydrogens (tertiary/aromatic N) is 5. The number of hydrogen-bond acceptors (Lipinski definition) is 6. The molecule has 0 radical (unpaired) electrons. The van der Waals surface area contributed by atoms with Crippen LogP contribution < -0.4 is 4.90 Å². The van der Waals surface area contributed by atoms with Gasteiger partial charge in [0.2, 0.25) is 5.91 Å². The molecule has 0 unspecified atom stereocenters. The Morgan fingerprint density at radius 2 is 2.19 bits per heavy atom. The number of aromatic nitrogens is 2. The van der Waals surface area contributed by atoms with Crippen LogP contribution in [0.5, 0.6) is 0 Å². The van der Waals surface area contributed by atoms with Gasteiger partial charge in [-0.05, 0) is 38.8 Å². The van der Waals surface area contributed by atoms with E-state index in [1.165, 1.54) is 0 Å². The maximum absolute atomic E-state index is 13.0. The molecule has 134 valence electrons. The third-order valence-electron chi connectivity index (χ3n) is 5.50. The summed E-state index contributed by atoms with van der Waals surface area (Å²) in [5, 5.41) is 13.1. The number of rotatable bonds is 3. The van der Waals surface area contributed by atoms with Gasteiger partial charge in [0, 0.05) is 30.9 Å². The number of hydrogen-bond donors (Lipinski definition) is 0. The van der Waals surface area contributed by atoms with E-state index in [1.54, 1.807) is 18.3 Å². The third kappa shape index (κ3) is 2.81. The van der Waals surface area contributed by atoms with Crippen molar-refractivity contribution in [3.63, 3.8) is 0 Å². The topological polar surface area (TPSA) is 86.3 Å². The predicted molar refractivity (Wildman–Crippen MR) is 94.2 cm³/mol. The predicted octanol–water partition coefficient (Wildman–Crippen LogP) is 2.19. The minimum Gasteiger partial charge on any atom is -0.361 e. The average Bonchev–Trinajstić information content (AvgIpc) is 2.83. The van der Waals surface area contributed by atoms with Crippen LogP contribution in [0.2, 0.25) is 0 Å². The van der Waals surface area contributed by atoms with E-state index in [0.717, 1.165) is 42.2 Å². The van der Waals surface area contributed by atoms with Gasteiger partial charge in [0.05, 0.1) is 29.8 Å². The SMILES string of the molecule is Cc1noc(C)c1CN1C(=O)[C@H]2CC[C@@H]1CN(c1cc(C#N)ccn1)C2. The molecular weight excluding hydrogens is 330 g/mol. The van der Waals surface area contributed by atoms with Crippen LogP contribution in [0.3, 0.4) is 0 Å². The second kappa shape index (κ2) is 6.45. The Balaban J connectivity index is 1.61. The second-order valence-electron chi connectivity index (χ2n) is 7.12. The van der Waals surface area contributed by atoms with Gasteiger partial charge in [0.1, 0.15) is 11.6 Å². The zero-order chi connectivity index (χ0) is 18.3. The Morgan fingerprint density at radius 3 is 2.92 bits per heavy atom. The van der Waals surface area contributed by atoms with Crippen molar-refractivity contribution in [1.82, 2.24) is 15.0 Å². The minimum absolute atomic E-state index is 0.0400. The molecule has 0 aliphatic carbocycles. The first kappa shape index (κ1) is 16.6. The van der Waals surface area contributed by atoms with Crippen molar-refractivity contribution >= 4 is 11.7 Å². The summed E-state index contributed by atoms with van der Waals surface area (Å²) in [4.78, 5) is 21.6. The molecule has 2 aromatic heterocycles. The quantitative estimate of drug-likeness (QED) is 0.842. The number of pyridine rings is 1. The molecule has 2 atom stereocenters. The van der Waals surface area contributed by atoms with Crippen LogP contribution in [0.1, 0.15) is 35.4 Å². The molecule has 2 aromatic rings. The minimum atomic E-state index is -0.0400. The van der Waals surface area contributed by atoms with Crippen molar-refractivity contribution in [1.29, 1.82) is 5.26 Å². The lowest BCUT2D eigenvalue weighted by molar-refractivity contribution is -0.140. The molecule has 3 aliphatic heterocycles. The Kier molecular flexibility index (Phi) is 4.11. The summed E-state index contributed by atoms with van der Waals surface area (Å²) >= 11 is 0. The maximum Gasteiger partial charge on any atom is 0.228 e. The molecule has 5 rings (SSSR count). The molecule has 5 heterocycles. The van der Waals surface area contributed by atoms with Gasteiger partial charge in [0.25, 0.3) is 0 Å². The number of aryl methyl sites for hydroxylation is 2. The van der Waals surface area contributed by atoms with E-state index < -0.39 is 0 Å². The molecule has 3 fully saturated rings. The Labute approximate surface area is 152 Å². The van der Waals surface area contributed by atoms with E-state index in [0.29, 0.717) is 18.7 Å². The fourth-order valence-corrected chi connectivity index (χ4v) is 3.99. The van der Waals surface area contributed by atoms with Crippen molar-refractivity contribution in [3.8, 4) is 6.07 Å². The van der Waals surface area contributed by atoms with Crippen LogP contribution in [0.15, 0.2) is 22.9 Å². The number of fused-ring (bicyclic) bond motifs is 4. The lowest BCUT2D eigenvalue weighted by Gasteiger charge is -2.35. The summed E-state index contributed by atoms with van der Waals surface area (Å²) in [6.07, 6.45) is 3.54. The summed E-state index contributed by atoms with van der Waals surface area (Å²) in [7, 11) is 0. The molecule has 2 bridgehead atoms. The van der Waals surface area contributed by atoms with Gasteiger partial charge >= 0.3 is 0 Å². The van der Waals surface area contributed by atoms with E-state index in [2.05, 4.69) is 21.1 Å². The highest BCUT2D eigenvalue weighted by Crippen LogP contribution is 2.33. The van der Waals surface area contributed by atoms with Gasteiger partial charge in [-0.25, -0.2) is 4.98 Å². The second-order valence-corrected chi connectivity index (χ2v) is 7.12. The number of amides is 1. The zero-order valence-electron chi connectivity index (χ0n) is 15.0. The Morgan fingerprint density at radius 1 is 1.35 bits per heavy atom. The zero-order valence-corrected chi connectivity index (χ0v) is 15.0. The Hall–Kier alpha value is -2.88. The average molecular weight is 351 g/mol. The standard InChI is InChI=1S/C19H21N5O2/c1-12-17(13(2)26-22-12)11-24-16-4-3-15(19(24)25)9-23(10-16)18-7-14(8-20)5-6-21-18/h5-7,15-16H,3-4,9-11H2,1-2H3/t15-,16+/m0/s1. The first-order valence-corrected chi connectivity index (χ1v) is 8.90. The van der Waals surface area contributed by atoms with E-state index in [9.17, 15) is 4.79 Å². The highest BCUT2D eigenvalue weighted by Gasteiger charge is 2.41. The maximum atomic E-state index is 13.0. The Bertz CT molecular complexity index is 865. The summed E-state index contributed by atoms with van der Waals surface area (Å²) in [6, 6.07) is 5.78. The van der Waals surface area contributed by atoms with Gasteiger partial charge in [-0.15, -0.1) is 0 Å². The normalized spacial score (nSPS) is 22.4. The van der Waals surface area contributed by atoms with Crippen LogP contribution >= 0.6 is 0 Å². The molecule has 3 saturated heterocycles. The monoisotopic (exact) mass is 351 g/mol. The van der Waals surface area contributed by atoms with Crippen molar-refractivity contribution in [2.75, 3.05) is 18.0 Å². The van der Waals surface area contributed by atoms with Gasteiger partial charge in [-0.1, -0.05) is 5.16 Å². The van der Waals surface area contributed by atoms with E-state index >= 15 is 0 Å². The molecule has 0 saturated carbocycles. The molecule has 26 heavy (non-hydrogen) atoms. The third-order valence-corrected chi connectivity index (χ3v) is 5.50. The fraction of sp³-hybridized carbons (Fsp3) is 0.474. The van der Waals surface area contributed by atoms with Crippen molar-refractivity contribution in [3.05, 3.63) is 40.9 Å². The van der Waals surface area contributed by atoms with Crippen LogP contribution in [-0.4, -0.2) is 40.1 Å². The lowest BCUT2D eigenvalue weighted by atomic mass is 9.93. The van der Waals surface area contributed by atoms with Gasteiger partial charge < -0.3 is 14.3 Å². The number of anilines is 1. The molecule has 0 N–H and O–H groups in total. The van der Waals surface area contributed by atoms with Crippen molar-refractivity contribution in [2.45, 2.75) is 39.3 Å². The summed E-state index contributed by atoms with van der Waals surface area (Å²) in [5.74, 6) is 1.70. The molecule has 7 nitrogen and oxygen atoms in total. The first-order chi connectivity index (χ1) is 12.6. The summed E-state index contributed by atoms with van der Waals surface area (Å²) < 4.78 is 5.26. The van der Waals surface area contributed by atoms with E-state index in [1.807, 2.05) is 18.7 Å². The van der Waals surface area contributed by atoms with Crippen molar-refractivity contribution < 1.29 is 9.32 Å². The van der Waals surface area contributed by atoms with Crippen molar-refractivity contribution in [2.24, 2.45) is 5.92 Å². The lowest BCUT2D eigenvalue weighted by Crippen LogP contribution is -2.47. The number of nitriles is 1. The highest BCUT2D eigenvalue weighted by atomic mass is 16.5. The number of piperidine rings is 1. The van der Waals surface area contributed by atoms with Crippen LogP contribution in [0.4, 0.5) is 5.82 Å². The van der Waals surface area contributed by atoms with Gasteiger partial charge in [-0.2, -0.15) is 5.26 Å². The molecule has 0 aromatic carbocycles. The van der Waals surface area contributed by atoms with Crippen LogP contribution in [0.25, 0.3) is 0 Å². The smallest absolute Gasteiger partial charge is 0.228 e. The van der Waals surface area contributed by atoms with E-state index in [-0.39, 0.29) is 17.9 Å². The fourth-order valence-electron chi connectivity index (χ4n) is 3.99. The largest absolute Gasteiger partial charge is 0.361 e. The first-order valence-electron chi connectivity index (χ1n) is 8.90. The highest BCUT2D eigenvalue weighted by molar-refractivity contribution is 5.81. The summed E-state index contributed by atoms with van der Waals surface area (Å²) in [6.45, 7) is 5.72. The van der Waals surface area contributed by atoms with Crippen LogP contribution in [0, 0.1) is 31.1 Å². The van der Waals surface area contributed by atoms with Crippen LogP contribution in [-0.2, 0) is 11.3 Å². The number of carbonyl (C=O) groups is 1. The molecule has 3 aliphatic rings. The molecule has 1 amide bonds. The molecule has 0 spiro atoms. The van der Waals surface area contributed by atoms with Gasteiger partial charge in [-0.3, -0.25) is 4.79 Å². The van der Waals surface area contributed by atoms with Gasteiger partial charge in [0.15, 0.2) is 0 Å². The van der Waals surface area contributed by atoms with E-state index in [4.69, 9.17) is 9.78 Å². The molecule has 7 heteroatoms. The summed E-state index contributed by atoms with van der Waals surface area (Å²) in [5.41, 5.74) is 2.43. The molecular formula is C19H21N5O2.